The minimum absolute atomic E-state index is 0.209. The molecule has 10 heteroatoms. The van der Waals surface area contributed by atoms with Gasteiger partial charge in [0.05, 0.1) is 17.9 Å². The number of aromatic hydroxyl groups is 1. The Labute approximate surface area is 168 Å². The van der Waals surface area contributed by atoms with E-state index in [0.29, 0.717) is 27.9 Å². The molecule has 3 aromatic heterocycles. The molecule has 1 aromatic carbocycles. The Bertz CT molecular complexity index is 1450. The van der Waals surface area contributed by atoms with Gasteiger partial charge in [-0.3, -0.25) is 9.98 Å². The maximum absolute atomic E-state index is 14.2. The SMILES string of the molecule is Cc1ccc(F)c(Nc2cc(=NC3CC3)n3nc/c(=C\c4[nH]c(=O)[nH]c4O)c3n2)c1. The summed E-state index contributed by atoms with van der Waals surface area (Å²) in [5.41, 5.74) is 1.94. The molecule has 0 amide bonds. The van der Waals surface area contributed by atoms with E-state index in [1.807, 2.05) is 6.92 Å². The first kappa shape index (κ1) is 18.1. The van der Waals surface area contributed by atoms with Crippen molar-refractivity contribution in [1.82, 2.24) is 24.6 Å². The molecule has 1 fully saturated rings. The van der Waals surface area contributed by atoms with Gasteiger partial charge in [-0.05, 0) is 43.5 Å². The van der Waals surface area contributed by atoms with E-state index < -0.39 is 11.5 Å². The normalized spacial score (nSPS) is 15.3. The van der Waals surface area contributed by atoms with E-state index in [2.05, 4.69) is 30.4 Å². The zero-order valence-corrected chi connectivity index (χ0v) is 16.0. The molecule has 152 valence electrons. The Kier molecular flexibility index (Phi) is 4.12. The fourth-order valence-electron chi connectivity index (χ4n) is 3.13. The van der Waals surface area contributed by atoms with Gasteiger partial charge in [0.2, 0.25) is 5.88 Å². The van der Waals surface area contributed by atoms with Crippen LogP contribution in [0.3, 0.4) is 0 Å². The highest BCUT2D eigenvalue weighted by molar-refractivity contribution is 5.62. The average molecular weight is 407 g/mol. The zero-order chi connectivity index (χ0) is 20.8. The highest BCUT2D eigenvalue weighted by Crippen LogP contribution is 2.23. The van der Waals surface area contributed by atoms with Crippen LogP contribution in [0.1, 0.15) is 24.1 Å². The lowest BCUT2D eigenvalue weighted by atomic mass is 10.2. The van der Waals surface area contributed by atoms with Crippen molar-refractivity contribution in [2.24, 2.45) is 4.99 Å². The quantitative estimate of drug-likeness (QED) is 0.405. The number of anilines is 2. The molecule has 1 aliphatic carbocycles. The third-order valence-electron chi connectivity index (χ3n) is 4.76. The summed E-state index contributed by atoms with van der Waals surface area (Å²) < 4.78 is 15.8. The second-order valence-electron chi connectivity index (χ2n) is 7.29. The Morgan fingerprint density at radius 2 is 2.17 bits per heavy atom. The van der Waals surface area contributed by atoms with Gasteiger partial charge in [0.15, 0.2) is 11.1 Å². The minimum Gasteiger partial charge on any atom is -0.493 e. The lowest BCUT2D eigenvalue weighted by Crippen LogP contribution is -2.20. The van der Waals surface area contributed by atoms with Gasteiger partial charge in [0, 0.05) is 11.3 Å². The molecule has 4 N–H and O–H groups in total. The highest BCUT2D eigenvalue weighted by Gasteiger charge is 2.20. The molecule has 0 spiro atoms. The molecule has 0 radical (unpaired) electrons. The first-order valence-electron chi connectivity index (χ1n) is 9.45. The van der Waals surface area contributed by atoms with Crippen LogP contribution < -0.4 is 21.7 Å². The van der Waals surface area contributed by atoms with Crippen molar-refractivity contribution < 1.29 is 9.50 Å². The summed E-state index contributed by atoms with van der Waals surface area (Å²) in [6, 6.07) is 6.75. The van der Waals surface area contributed by atoms with Crippen molar-refractivity contribution in [1.29, 1.82) is 0 Å². The average Bonchev–Trinajstić information content (AvgIpc) is 3.34. The number of imidazole rings is 1. The standard InChI is InChI=1S/C20H18FN7O2/c1-10-2-5-13(21)14(6-10)24-16-8-17(23-12-3-4-12)28-18(26-16)11(9-22-28)7-15-19(29)27-20(30)25-15/h2,5-9,12,24,29H,3-4H2,1H3,(H2,25,27,30)/b11-7+,23-17?. The van der Waals surface area contributed by atoms with Crippen LogP contribution in [-0.2, 0) is 0 Å². The lowest BCUT2D eigenvalue weighted by Gasteiger charge is -2.08. The number of aryl methyl sites for hydroxylation is 1. The van der Waals surface area contributed by atoms with E-state index in [0.717, 1.165) is 18.4 Å². The second kappa shape index (κ2) is 6.83. The predicted octanol–water partition coefficient (Wildman–Crippen LogP) is 1.25. The van der Waals surface area contributed by atoms with Gasteiger partial charge in [-0.25, -0.2) is 14.2 Å². The van der Waals surface area contributed by atoms with Crippen LogP contribution >= 0.6 is 0 Å². The minimum atomic E-state index is -0.523. The maximum Gasteiger partial charge on any atom is 0.326 e. The summed E-state index contributed by atoms with van der Waals surface area (Å²) in [6.45, 7) is 1.88. The fourth-order valence-corrected chi connectivity index (χ4v) is 3.13. The first-order valence-corrected chi connectivity index (χ1v) is 9.45. The highest BCUT2D eigenvalue weighted by atomic mass is 19.1. The van der Waals surface area contributed by atoms with Gasteiger partial charge in [-0.15, -0.1) is 0 Å². The number of nitrogens with one attached hydrogen (secondary N) is 3. The van der Waals surface area contributed by atoms with Gasteiger partial charge >= 0.3 is 5.69 Å². The van der Waals surface area contributed by atoms with Gasteiger partial charge < -0.3 is 15.4 Å². The van der Waals surface area contributed by atoms with Crippen molar-refractivity contribution in [3.63, 3.8) is 0 Å². The van der Waals surface area contributed by atoms with Crippen LogP contribution in [0.15, 0.2) is 40.2 Å². The number of aromatic nitrogens is 5. The number of hydrogen-bond acceptors (Lipinski definition) is 6. The molecule has 0 bridgehead atoms. The smallest absolute Gasteiger partial charge is 0.326 e. The van der Waals surface area contributed by atoms with E-state index in [1.54, 1.807) is 35.0 Å². The van der Waals surface area contributed by atoms with E-state index in [9.17, 15) is 14.3 Å². The molecule has 1 aliphatic rings. The maximum atomic E-state index is 14.2. The van der Waals surface area contributed by atoms with Crippen molar-refractivity contribution in [2.75, 3.05) is 5.32 Å². The molecule has 0 saturated heterocycles. The van der Waals surface area contributed by atoms with Crippen LogP contribution in [-0.4, -0.2) is 35.7 Å². The molecule has 3 heterocycles. The van der Waals surface area contributed by atoms with E-state index in [4.69, 9.17) is 0 Å². The molecule has 0 aliphatic heterocycles. The lowest BCUT2D eigenvalue weighted by molar-refractivity contribution is 0.454. The van der Waals surface area contributed by atoms with Gasteiger partial charge in [0.25, 0.3) is 0 Å². The van der Waals surface area contributed by atoms with Crippen molar-refractivity contribution in [2.45, 2.75) is 25.8 Å². The number of fused-ring (bicyclic) bond motifs is 1. The summed E-state index contributed by atoms with van der Waals surface area (Å²) in [4.78, 5) is 25.4. The van der Waals surface area contributed by atoms with E-state index in [-0.39, 0.29) is 17.6 Å². The molecule has 1 saturated carbocycles. The third kappa shape index (κ3) is 3.43. The van der Waals surface area contributed by atoms with Crippen molar-refractivity contribution in [3.05, 3.63) is 68.7 Å². The Morgan fingerprint density at radius 1 is 1.33 bits per heavy atom. The molecular weight excluding hydrogens is 389 g/mol. The van der Waals surface area contributed by atoms with Crippen LogP contribution in [0.2, 0.25) is 0 Å². The summed E-state index contributed by atoms with van der Waals surface area (Å²) >= 11 is 0. The Balaban J connectivity index is 1.69. The largest absolute Gasteiger partial charge is 0.493 e. The molecule has 30 heavy (non-hydrogen) atoms. The van der Waals surface area contributed by atoms with Crippen LogP contribution in [0, 0.1) is 12.7 Å². The summed E-state index contributed by atoms with van der Waals surface area (Å²) in [5, 5.41) is 17.8. The van der Waals surface area contributed by atoms with Crippen LogP contribution in [0.5, 0.6) is 5.88 Å². The third-order valence-corrected chi connectivity index (χ3v) is 4.76. The van der Waals surface area contributed by atoms with E-state index >= 15 is 0 Å². The zero-order valence-electron chi connectivity index (χ0n) is 16.0. The number of nitrogens with zero attached hydrogens (tertiary/aromatic N) is 4. The van der Waals surface area contributed by atoms with Crippen molar-refractivity contribution >= 4 is 23.2 Å². The number of benzene rings is 1. The Hall–Kier alpha value is -3.95. The first-order chi connectivity index (χ1) is 14.5. The van der Waals surface area contributed by atoms with Crippen molar-refractivity contribution in [3.8, 4) is 5.88 Å². The predicted molar refractivity (Wildman–Crippen MR) is 108 cm³/mol. The molecule has 9 nitrogen and oxygen atoms in total. The number of aromatic amines is 2. The number of rotatable bonds is 4. The van der Waals surface area contributed by atoms with Crippen LogP contribution in [0.4, 0.5) is 15.9 Å². The van der Waals surface area contributed by atoms with Gasteiger partial charge in [0.1, 0.15) is 17.3 Å². The molecule has 5 rings (SSSR count). The monoisotopic (exact) mass is 407 g/mol. The van der Waals surface area contributed by atoms with Crippen LogP contribution in [0.25, 0.3) is 11.7 Å². The summed E-state index contributed by atoms with van der Waals surface area (Å²) in [7, 11) is 0. The number of hydrogen-bond donors (Lipinski definition) is 4. The molecular formula is C20H18FN7O2. The Morgan fingerprint density at radius 3 is 2.90 bits per heavy atom. The topological polar surface area (TPSA) is 123 Å². The number of halogens is 1. The molecule has 0 unspecified atom stereocenters. The van der Waals surface area contributed by atoms with Gasteiger partial charge in [-0.1, -0.05) is 6.07 Å². The second-order valence-corrected chi connectivity index (χ2v) is 7.29. The molecule has 0 atom stereocenters. The summed E-state index contributed by atoms with van der Waals surface area (Å²) in [6.07, 6.45) is 5.14. The fraction of sp³-hybridized carbons (Fsp3) is 0.200. The van der Waals surface area contributed by atoms with Gasteiger partial charge in [-0.2, -0.15) is 9.61 Å². The molecule has 4 aromatic rings. The number of H-pyrrole nitrogens is 2. The summed E-state index contributed by atoms with van der Waals surface area (Å²) in [5.74, 6) is -0.259. The van der Waals surface area contributed by atoms with E-state index in [1.165, 1.54) is 6.07 Å².